The first-order valence-electron chi connectivity index (χ1n) is 43.3. The van der Waals surface area contributed by atoms with Crippen LogP contribution in [-0.2, 0) is 9.47 Å². The minimum absolute atomic E-state index is 0.0991. The summed E-state index contributed by atoms with van der Waals surface area (Å²) in [7, 11) is 0. The van der Waals surface area contributed by atoms with Crippen LogP contribution >= 0.6 is 46.4 Å². The number of nitrogen functional groups attached to an aromatic ring is 4. The van der Waals surface area contributed by atoms with Gasteiger partial charge in [-0.15, -0.1) is 0 Å². The highest BCUT2D eigenvalue weighted by molar-refractivity contribution is 6.32. The molecule has 704 valence electrons. The van der Waals surface area contributed by atoms with Crippen molar-refractivity contribution in [3.05, 3.63) is 208 Å². The van der Waals surface area contributed by atoms with Gasteiger partial charge >= 0.3 is 0 Å². The van der Waals surface area contributed by atoms with Gasteiger partial charge in [0.2, 0.25) is 0 Å². The Balaban J connectivity index is 0.000000150. The Kier molecular flexibility index (Phi) is 29.7. The summed E-state index contributed by atoms with van der Waals surface area (Å²) in [6.07, 6.45) is 14.6. The van der Waals surface area contributed by atoms with E-state index in [0.29, 0.717) is 192 Å². The SMILES string of the molecule is Cc1nc([C@@H](C)c2cc(Cl)c(F)c(C(=O)N3CCOCC3)c2OC(C)C)n2ccnc(N)c12.Cc1nc([C@@H](C)c2cc(Cl)c(F)c(C(=O)NC3(CO)CC3)c2OC(C)C)n2ccnc(N)c12.Cc1nc([C@H](C)c2cc(Cl)c(F)c(C(=O)N3CCOCC3)c2OC(C)C)n2ccnc(N)c12.Cc1nc([C@H](C)c2cc(Cl)c(F)c(C(=O)NC3(CO)CC3)c2OC(C)C)n2ccnc(N)c12. The van der Waals surface area contributed by atoms with Gasteiger partial charge in [-0.25, -0.2) is 57.4 Å². The van der Waals surface area contributed by atoms with Crippen LogP contribution in [0, 0.1) is 51.0 Å². The summed E-state index contributed by atoms with van der Waals surface area (Å²) in [6, 6.07) is 5.96. The molecular formula is C92H108Cl4F4N20O12. The molecule has 0 bridgehead atoms. The van der Waals surface area contributed by atoms with Gasteiger partial charge < -0.3 is 82.0 Å². The van der Waals surface area contributed by atoms with E-state index in [9.17, 15) is 29.4 Å². The van der Waals surface area contributed by atoms with Gasteiger partial charge in [-0.1, -0.05) is 74.1 Å². The van der Waals surface area contributed by atoms with Crippen LogP contribution in [0.4, 0.5) is 40.8 Å². The van der Waals surface area contributed by atoms with E-state index in [4.69, 9.17) is 108 Å². The quantitative estimate of drug-likeness (QED) is 0.0260. The van der Waals surface area contributed by atoms with Crippen molar-refractivity contribution in [2.45, 2.75) is 196 Å². The Morgan fingerprint density at radius 2 is 0.621 bits per heavy atom. The number of amides is 4. The maximum atomic E-state index is 15.3. The number of aryl methyl sites for hydroxylation is 4. The van der Waals surface area contributed by atoms with Crippen LogP contribution in [-0.4, -0.2) is 202 Å². The van der Waals surface area contributed by atoms with Gasteiger partial charge in [0.05, 0.1) is 118 Å². The average molecular weight is 1900 g/mol. The van der Waals surface area contributed by atoms with Crippen LogP contribution in [0.15, 0.2) is 73.8 Å². The van der Waals surface area contributed by atoms with Crippen molar-refractivity contribution in [3.8, 4) is 23.0 Å². The number of halogens is 8. The maximum absolute atomic E-state index is 15.3. The summed E-state index contributed by atoms with van der Waals surface area (Å²) < 4.78 is 103. The number of hydrogen-bond acceptors (Lipinski definition) is 24. The number of aliphatic hydroxyl groups excluding tert-OH is 2. The number of carbonyl (C=O) groups excluding carboxylic acids is 4. The molecule has 16 rings (SSSR count). The Morgan fingerprint density at radius 1 is 0.402 bits per heavy atom. The lowest BCUT2D eigenvalue weighted by Crippen LogP contribution is -2.41. The number of fused-ring (bicyclic) bond motifs is 4. The lowest BCUT2D eigenvalue weighted by Gasteiger charge is -2.29. The van der Waals surface area contributed by atoms with Crippen LogP contribution in [0.5, 0.6) is 23.0 Å². The molecule has 2 aliphatic heterocycles. The van der Waals surface area contributed by atoms with Crippen molar-refractivity contribution in [1.82, 2.24) is 77.9 Å². The molecule has 132 heavy (non-hydrogen) atoms. The second kappa shape index (κ2) is 40.0. The van der Waals surface area contributed by atoms with E-state index in [-0.39, 0.29) is 103 Å². The zero-order valence-electron chi connectivity index (χ0n) is 76.0. The molecule has 2 aliphatic carbocycles. The van der Waals surface area contributed by atoms with E-state index in [1.165, 1.54) is 24.3 Å². The first kappa shape index (κ1) is 97.9. The molecule has 4 aliphatic rings. The van der Waals surface area contributed by atoms with Crippen molar-refractivity contribution in [2.75, 3.05) is 88.8 Å². The molecular weight excluding hydrogens is 1790 g/mol. The lowest BCUT2D eigenvalue weighted by molar-refractivity contribution is 0.0294. The van der Waals surface area contributed by atoms with Gasteiger partial charge in [-0.2, -0.15) is 0 Å². The monoisotopic (exact) mass is 1900 g/mol. The van der Waals surface area contributed by atoms with Crippen LogP contribution in [0.2, 0.25) is 20.1 Å². The molecule has 12 N–H and O–H groups in total. The third-order valence-electron chi connectivity index (χ3n) is 23.3. The molecule has 32 nitrogen and oxygen atoms in total. The predicted octanol–water partition coefficient (Wildman–Crippen LogP) is 14.9. The highest BCUT2D eigenvalue weighted by Crippen LogP contribution is 2.48. The van der Waals surface area contributed by atoms with Crippen molar-refractivity contribution >= 4 is 115 Å². The lowest BCUT2D eigenvalue weighted by atomic mass is 9.95. The van der Waals surface area contributed by atoms with Gasteiger partial charge in [0.1, 0.15) is 114 Å². The maximum Gasteiger partial charge on any atom is 0.260 e. The fraction of sp³-hybridized carbons (Fsp3) is 0.435. The first-order chi connectivity index (χ1) is 62.6. The summed E-state index contributed by atoms with van der Waals surface area (Å²) in [5, 5.41) is 24.0. The number of carbonyl (C=O) groups is 4. The van der Waals surface area contributed by atoms with E-state index >= 15 is 17.6 Å². The Morgan fingerprint density at radius 3 is 0.833 bits per heavy atom. The van der Waals surface area contributed by atoms with Gasteiger partial charge in [0.15, 0.2) is 23.3 Å². The number of morpholine rings is 2. The predicted molar refractivity (Wildman–Crippen MR) is 494 cm³/mol. The number of nitrogens with one attached hydrogen (secondary N) is 2. The number of nitrogens with zero attached hydrogens (tertiary/aromatic N) is 14. The second-order valence-corrected chi connectivity index (χ2v) is 36.0. The van der Waals surface area contributed by atoms with Gasteiger partial charge in [0.25, 0.3) is 23.6 Å². The number of hydrogen-bond donors (Lipinski definition) is 8. The number of ether oxygens (including phenoxy) is 6. The number of rotatable bonds is 24. The molecule has 0 spiro atoms. The molecule has 4 fully saturated rings. The summed E-state index contributed by atoms with van der Waals surface area (Å²) in [4.78, 5) is 91.5. The molecule has 0 radical (unpaired) electrons. The van der Waals surface area contributed by atoms with Crippen molar-refractivity contribution < 1.29 is 75.4 Å². The molecule has 8 aromatic heterocycles. The van der Waals surface area contributed by atoms with E-state index in [0.717, 1.165) is 0 Å². The van der Waals surface area contributed by atoms with E-state index < -0.39 is 81.6 Å². The topological polar surface area (TPSA) is 419 Å². The van der Waals surface area contributed by atoms with Gasteiger partial charge in [-0.3, -0.25) is 36.8 Å². The molecule has 4 amide bonds. The summed E-state index contributed by atoms with van der Waals surface area (Å²) in [6.45, 7) is 32.0. The molecule has 2 saturated heterocycles. The number of imidazole rings is 4. The molecule has 40 heteroatoms. The first-order valence-corrected chi connectivity index (χ1v) is 44.8. The van der Waals surface area contributed by atoms with Crippen molar-refractivity contribution in [2.24, 2.45) is 0 Å². The smallest absolute Gasteiger partial charge is 0.260 e. The van der Waals surface area contributed by atoms with Crippen LogP contribution < -0.4 is 52.5 Å². The molecule has 0 unspecified atom stereocenters. The number of aromatic nitrogens is 12. The Bertz CT molecular complexity index is 6030. The number of aliphatic hydroxyl groups is 2. The van der Waals surface area contributed by atoms with Gasteiger partial charge in [-0.05, 0) is 133 Å². The highest BCUT2D eigenvalue weighted by Gasteiger charge is 2.47. The average Bonchev–Trinajstić information content (AvgIpc) is 1.54. The second-order valence-electron chi connectivity index (χ2n) is 34.4. The Hall–Kier alpha value is -11.6. The fourth-order valence-electron chi connectivity index (χ4n) is 16.3. The van der Waals surface area contributed by atoms with E-state index in [1.807, 2.05) is 101 Å². The van der Waals surface area contributed by atoms with Crippen LogP contribution in [0.25, 0.3) is 22.1 Å². The standard InChI is InChI=1S/4C23H27ClFN5O3/c2*1-12(2)33-20-15(13(3)22-28-14(4)19-21(26)27-5-6-30(19)22)11-16(24)18(25)17(20)23(31)29-7-9-32-10-8-29;2*1-11(2)33-19-14(12(3)21-28-13(4)18-20(26)27-7-8-30(18)21)9-15(24)17(25)16(19)22(32)29-23(10-31)5-6-23/h2*5-6,11-13H,7-10H2,1-4H3,(H2,26,27);2*7-9,11-12,31H,5-6,10H2,1-4H3,(H2,26,27)(H,29,32)/t2*13-;2*12-/m1010/s1. The summed E-state index contributed by atoms with van der Waals surface area (Å²) in [5.74, 6) is -2.78. The highest BCUT2D eigenvalue weighted by atomic mass is 35.5. The normalized spacial score (nSPS) is 15.5. The minimum atomic E-state index is -0.868. The van der Waals surface area contributed by atoms with Crippen molar-refractivity contribution in [1.29, 1.82) is 0 Å². The van der Waals surface area contributed by atoms with E-state index in [1.54, 1.807) is 87.1 Å². The fourth-order valence-corrected chi connectivity index (χ4v) is 17.1. The molecule has 4 aromatic carbocycles. The number of benzene rings is 4. The van der Waals surface area contributed by atoms with Crippen LogP contribution in [0.3, 0.4) is 0 Å². The van der Waals surface area contributed by atoms with Crippen LogP contribution in [0.1, 0.15) is 242 Å². The van der Waals surface area contributed by atoms with Crippen molar-refractivity contribution in [3.63, 3.8) is 0 Å². The molecule has 2 saturated carbocycles. The molecule has 10 heterocycles. The molecule has 4 atom stereocenters. The summed E-state index contributed by atoms with van der Waals surface area (Å²) >= 11 is 25.1. The number of nitrogens with two attached hydrogens (primary N) is 4. The third kappa shape index (κ3) is 19.9. The zero-order valence-corrected chi connectivity index (χ0v) is 79.0. The molecule has 12 aromatic rings. The van der Waals surface area contributed by atoms with E-state index in [2.05, 4.69) is 40.5 Å². The minimum Gasteiger partial charge on any atom is -0.490 e. The third-order valence-corrected chi connectivity index (χ3v) is 24.4. The zero-order chi connectivity index (χ0) is 95.9. The largest absolute Gasteiger partial charge is 0.490 e. The number of anilines is 4. The summed E-state index contributed by atoms with van der Waals surface area (Å²) in [5.41, 5.74) is 29.6. The Labute approximate surface area is 779 Å². The van der Waals surface area contributed by atoms with Gasteiger partial charge in [0, 0.05) is 122 Å².